The number of amides is 1. The minimum Gasteiger partial charge on any atom is -0.346 e. The SMILES string of the molecule is Cn1c(C(=O)N[C@@H]2CCCN(c3nc4ccccc4s3)C2)cc(=O)n(C)c1=O. The lowest BCUT2D eigenvalue weighted by molar-refractivity contribution is 0.0922. The highest BCUT2D eigenvalue weighted by Crippen LogP contribution is 2.30. The maximum Gasteiger partial charge on any atom is 0.331 e. The number of para-hydroxylation sites is 1. The number of carbonyl (C=O) groups excluding carboxylic acids is 1. The second-order valence-corrected chi connectivity index (χ2v) is 8.00. The Hall–Kier alpha value is -2.94. The lowest BCUT2D eigenvalue weighted by Gasteiger charge is -2.33. The van der Waals surface area contributed by atoms with E-state index in [0.29, 0.717) is 6.54 Å². The van der Waals surface area contributed by atoms with Crippen molar-refractivity contribution in [1.29, 1.82) is 0 Å². The van der Waals surface area contributed by atoms with Gasteiger partial charge in [-0.25, -0.2) is 9.78 Å². The third kappa shape index (κ3) is 3.33. The van der Waals surface area contributed by atoms with Gasteiger partial charge in [0.05, 0.1) is 10.2 Å². The van der Waals surface area contributed by atoms with Crippen LogP contribution >= 0.6 is 11.3 Å². The molecular weight excluding hydrogens is 378 g/mol. The van der Waals surface area contributed by atoms with Crippen molar-refractivity contribution in [3.8, 4) is 0 Å². The molecule has 1 atom stereocenters. The molecule has 0 spiro atoms. The van der Waals surface area contributed by atoms with E-state index in [4.69, 9.17) is 4.98 Å². The van der Waals surface area contributed by atoms with E-state index in [2.05, 4.69) is 16.3 Å². The number of fused-ring (bicyclic) bond motifs is 1. The van der Waals surface area contributed by atoms with E-state index in [0.717, 1.165) is 39.3 Å². The number of aromatic nitrogens is 3. The van der Waals surface area contributed by atoms with Crippen LogP contribution in [0.2, 0.25) is 0 Å². The summed E-state index contributed by atoms with van der Waals surface area (Å²) in [5.74, 6) is -0.409. The quantitative estimate of drug-likeness (QED) is 0.712. The number of rotatable bonds is 3. The van der Waals surface area contributed by atoms with Crippen molar-refractivity contribution >= 4 is 32.6 Å². The second kappa shape index (κ2) is 7.23. The number of benzene rings is 1. The zero-order chi connectivity index (χ0) is 19.8. The first kappa shape index (κ1) is 18.4. The standard InChI is InChI=1S/C19H21N5O3S/c1-22-14(10-16(25)23(2)19(22)27)17(26)20-12-6-5-9-24(11-12)18-21-13-7-3-4-8-15(13)28-18/h3-4,7-8,10,12H,5-6,9,11H2,1-2H3,(H,20,26)/t12-/m1/s1. The number of nitrogens with one attached hydrogen (secondary N) is 1. The Morgan fingerprint density at radius 1 is 1.21 bits per heavy atom. The summed E-state index contributed by atoms with van der Waals surface area (Å²) in [5.41, 5.74) is 0.0411. The largest absolute Gasteiger partial charge is 0.346 e. The molecule has 28 heavy (non-hydrogen) atoms. The van der Waals surface area contributed by atoms with Gasteiger partial charge in [0, 0.05) is 39.3 Å². The van der Waals surface area contributed by atoms with Gasteiger partial charge in [0.2, 0.25) is 0 Å². The zero-order valence-electron chi connectivity index (χ0n) is 15.7. The van der Waals surface area contributed by atoms with Crippen molar-refractivity contribution in [2.45, 2.75) is 18.9 Å². The van der Waals surface area contributed by atoms with Gasteiger partial charge in [-0.05, 0) is 25.0 Å². The third-order valence-corrected chi connectivity index (χ3v) is 6.17. The van der Waals surface area contributed by atoms with Crippen LogP contribution in [0.25, 0.3) is 10.2 Å². The minimum atomic E-state index is -0.516. The van der Waals surface area contributed by atoms with Crippen molar-refractivity contribution in [2.75, 3.05) is 18.0 Å². The Balaban J connectivity index is 1.52. The van der Waals surface area contributed by atoms with E-state index in [1.807, 2.05) is 18.2 Å². The maximum atomic E-state index is 12.7. The monoisotopic (exact) mass is 399 g/mol. The molecule has 3 heterocycles. The fraction of sp³-hybridized carbons (Fsp3) is 0.368. The summed E-state index contributed by atoms with van der Waals surface area (Å²) in [5, 5.41) is 3.92. The van der Waals surface area contributed by atoms with Crippen molar-refractivity contribution in [2.24, 2.45) is 14.1 Å². The summed E-state index contributed by atoms with van der Waals surface area (Å²) in [4.78, 5) is 43.5. The average molecular weight is 399 g/mol. The number of carbonyl (C=O) groups is 1. The van der Waals surface area contributed by atoms with Gasteiger partial charge in [-0.15, -0.1) is 0 Å². The first-order valence-electron chi connectivity index (χ1n) is 9.12. The van der Waals surface area contributed by atoms with Crippen LogP contribution in [0.1, 0.15) is 23.3 Å². The lowest BCUT2D eigenvalue weighted by atomic mass is 10.1. The highest BCUT2D eigenvalue weighted by Gasteiger charge is 2.25. The number of piperidine rings is 1. The van der Waals surface area contributed by atoms with Gasteiger partial charge in [-0.3, -0.25) is 18.7 Å². The molecule has 1 amide bonds. The van der Waals surface area contributed by atoms with Crippen molar-refractivity contribution in [3.05, 3.63) is 56.9 Å². The van der Waals surface area contributed by atoms with Crippen molar-refractivity contribution in [1.82, 2.24) is 19.4 Å². The molecule has 0 aliphatic carbocycles. The van der Waals surface area contributed by atoms with Gasteiger partial charge >= 0.3 is 5.69 Å². The Labute approximate surface area is 165 Å². The summed E-state index contributed by atoms with van der Waals surface area (Å²) < 4.78 is 3.32. The number of anilines is 1. The van der Waals surface area contributed by atoms with E-state index in [1.54, 1.807) is 11.3 Å². The first-order valence-corrected chi connectivity index (χ1v) is 9.94. The Kier molecular flexibility index (Phi) is 4.76. The summed E-state index contributed by atoms with van der Waals surface area (Å²) >= 11 is 1.64. The Morgan fingerprint density at radius 3 is 2.79 bits per heavy atom. The number of hydrogen-bond acceptors (Lipinski definition) is 6. The molecule has 1 saturated heterocycles. The predicted octanol–water partition coefficient (Wildman–Crippen LogP) is 1.09. The van der Waals surface area contributed by atoms with Crippen LogP contribution in [0.4, 0.5) is 5.13 Å². The molecule has 0 unspecified atom stereocenters. The van der Waals surface area contributed by atoms with Gasteiger partial charge < -0.3 is 10.2 Å². The van der Waals surface area contributed by atoms with Crippen LogP contribution in [0.3, 0.4) is 0 Å². The molecule has 1 aromatic carbocycles. The second-order valence-electron chi connectivity index (χ2n) is 6.99. The van der Waals surface area contributed by atoms with E-state index >= 15 is 0 Å². The molecule has 1 aliphatic rings. The summed E-state index contributed by atoms with van der Waals surface area (Å²) in [7, 11) is 2.88. The summed E-state index contributed by atoms with van der Waals surface area (Å²) in [6, 6.07) is 9.14. The smallest absolute Gasteiger partial charge is 0.331 e. The molecule has 9 heteroatoms. The summed E-state index contributed by atoms with van der Waals surface area (Å²) in [6.45, 7) is 1.53. The molecule has 8 nitrogen and oxygen atoms in total. The van der Waals surface area contributed by atoms with E-state index < -0.39 is 17.2 Å². The van der Waals surface area contributed by atoms with Crippen molar-refractivity contribution < 1.29 is 4.79 Å². The van der Waals surface area contributed by atoms with Crippen LogP contribution < -0.4 is 21.5 Å². The molecule has 0 radical (unpaired) electrons. The van der Waals surface area contributed by atoms with Crippen LogP contribution in [0, 0.1) is 0 Å². The number of nitrogens with zero attached hydrogens (tertiary/aromatic N) is 4. The molecule has 1 aliphatic heterocycles. The molecule has 1 fully saturated rings. The first-order chi connectivity index (χ1) is 13.4. The van der Waals surface area contributed by atoms with Crippen molar-refractivity contribution in [3.63, 3.8) is 0 Å². The van der Waals surface area contributed by atoms with Gasteiger partial charge in [0.1, 0.15) is 5.69 Å². The summed E-state index contributed by atoms with van der Waals surface area (Å²) in [6.07, 6.45) is 1.77. The molecule has 146 valence electrons. The van der Waals surface area contributed by atoms with Gasteiger partial charge in [-0.1, -0.05) is 23.5 Å². The van der Waals surface area contributed by atoms with E-state index in [9.17, 15) is 14.4 Å². The van der Waals surface area contributed by atoms with Crippen LogP contribution in [0.15, 0.2) is 39.9 Å². The Bertz CT molecular complexity index is 1130. The fourth-order valence-electron chi connectivity index (χ4n) is 3.47. The van der Waals surface area contributed by atoms with Crippen LogP contribution in [0.5, 0.6) is 0 Å². The minimum absolute atomic E-state index is 0.0743. The topological polar surface area (TPSA) is 89.2 Å². The maximum absolute atomic E-state index is 12.7. The Morgan fingerprint density at radius 2 is 2.00 bits per heavy atom. The zero-order valence-corrected chi connectivity index (χ0v) is 16.5. The molecule has 1 N–H and O–H groups in total. The van der Waals surface area contributed by atoms with Gasteiger partial charge in [0.25, 0.3) is 11.5 Å². The molecule has 0 bridgehead atoms. The van der Waals surface area contributed by atoms with Gasteiger partial charge in [0.15, 0.2) is 5.13 Å². The van der Waals surface area contributed by atoms with E-state index in [1.165, 1.54) is 24.7 Å². The normalized spacial score (nSPS) is 17.1. The highest BCUT2D eigenvalue weighted by atomic mass is 32.1. The third-order valence-electron chi connectivity index (χ3n) is 5.07. The lowest BCUT2D eigenvalue weighted by Crippen LogP contribution is -2.49. The molecular formula is C19H21N5O3S. The predicted molar refractivity (Wildman–Crippen MR) is 109 cm³/mol. The highest BCUT2D eigenvalue weighted by molar-refractivity contribution is 7.22. The number of hydrogen-bond donors (Lipinski definition) is 1. The molecule has 4 rings (SSSR count). The van der Waals surface area contributed by atoms with Crippen LogP contribution in [-0.4, -0.2) is 39.2 Å². The fourth-order valence-corrected chi connectivity index (χ4v) is 4.47. The molecule has 0 saturated carbocycles. The van der Waals surface area contributed by atoms with Crippen LogP contribution in [-0.2, 0) is 14.1 Å². The molecule has 3 aromatic rings. The molecule has 2 aromatic heterocycles. The van der Waals surface area contributed by atoms with Gasteiger partial charge in [-0.2, -0.15) is 0 Å². The average Bonchev–Trinajstić information content (AvgIpc) is 3.13. The van der Waals surface area contributed by atoms with E-state index in [-0.39, 0.29) is 11.7 Å². The number of thiazole rings is 1.